The number of benzene rings is 2. The Balaban J connectivity index is 1.42. The van der Waals surface area contributed by atoms with E-state index in [1.165, 1.54) is 11.1 Å². The minimum Gasteiger partial charge on any atom is -0.382 e. The van der Waals surface area contributed by atoms with Gasteiger partial charge >= 0.3 is 0 Å². The molecule has 2 aromatic carbocycles. The molecule has 4 N–H and O–H groups in total. The van der Waals surface area contributed by atoms with Crippen molar-refractivity contribution in [3.05, 3.63) is 77.1 Å². The lowest BCUT2D eigenvalue weighted by atomic mass is 10.1. The topological polar surface area (TPSA) is 96.2 Å². The maximum absolute atomic E-state index is 12.6. The number of nitrogen functional groups attached to an aromatic ring is 1. The second-order valence-corrected chi connectivity index (χ2v) is 8.77. The smallest absolute Gasteiger partial charge is 0.273 e. The molecule has 1 aliphatic carbocycles. The van der Waals surface area contributed by atoms with Crippen molar-refractivity contribution >= 4 is 11.7 Å². The SMILES string of the molecule is CN(C)CCCNC(=O)c1nc(-c2cccc(CN[C@H]3CCc4ccccc43)c2)cnc1N. The van der Waals surface area contributed by atoms with Gasteiger partial charge in [0.25, 0.3) is 5.91 Å². The van der Waals surface area contributed by atoms with E-state index < -0.39 is 0 Å². The first-order chi connectivity index (χ1) is 16.0. The lowest BCUT2D eigenvalue weighted by Gasteiger charge is -2.15. The molecule has 3 aromatic rings. The predicted molar refractivity (Wildman–Crippen MR) is 132 cm³/mol. The molecular weight excluding hydrogens is 412 g/mol. The molecule has 0 unspecified atom stereocenters. The van der Waals surface area contributed by atoms with Crippen LogP contribution in [0.1, 0.15) is 46.1 Å². The number of nitrogens with zero attached hydrogens (tertiary/aromatic N) is 3. The Morgan fingerprint density at radius 3 is 2.88 bits per heavy atom. The molecule has 33 heavy (non-hydrogen) atoms. The van der Waals surface area contributed by atoms with E-state index in [1.54, 1.807) is 6.20 Å². The monoisotopic (exact) mass is 444 g/mol. The third-order valence-electron chi connectivity index (χ3n) is 5.99. The van der Waals surface area contributed by atoms with Gasteiger partial charge in [0.2, 0.25) is 0 Å². The molecule has 0 radical (unpaired) electrons. The fourth-order valence-electron chi connectivity index (χ4n) is 4.24. The molecule has 7 heteroatoms. The van der Waals surface area contributed by atoms with Crippen LogP contribution >= 0.6 is 0 Å². The number of hydrogen-bond donors (Lipinski definition) is 3. The van der Waals surface area contributed by atoms with Crippen molar-refractivity contribution in [1.82, 2.24) is 25.5 Å². The van der Waals surface area contributed by atoms with Crippen LogP contribution in [0.4, 0.5) is 5.82 Å². The Morgan fingerprint density at radius 2 is 2.03 bits per heavy atom. The normalized spacial score (nSPS) is 14.9. The number of nitrogens with one attached hydrogen (secondary N) is 2. The van der Waals surface area contributed by atoms with Crippen LogP contribution in [0, 0.1) is 0 Å². The maximum Gasteiger partial charge on any atom is 0.273 e. The quantitative estimate of drug-likeness (QED) is 0.439. The van der Waals surface area contributed by atoms with Crippen LogP contribution in [0.5, 0.6) is 0 Å². The Morgan fingerprint density at radius 1 is 1.18 bits per heavy atom. The van der Waals surface area contributed by atoms with Gasteiger partial charge in [-0.05, 0) is 62.7 Å². The van der Waals surface area contributed by atoms with Gasteiger partial charge < -0.3 is 21.3 Å². The summed E-state index contributed by atoms with van der Waals surface area (Å²) in [6.07, 6.45) is 4.72. The Kier molecular flexibility index (Phi) is 7.32. The molecule has 172 valence electrons. The van der Waals surface area contributed by atoms with Gasteiger partial charge in [0, 0.05) is 24.7 Å². The summed E-state index contributed by atoms with van der Waals surface area (Å²) in [5.74, 6) is -0.153. The first kappa shape index (κ1) is 22.9. The number of aromatic nitrogens is 2. The van der Waals surface area contributed by atoms with Crippen LogP contribution in [-0.2, 0) is 13.0 Å². The molecule has 4 rings (SSSR count). The van der Waals surface area contributed by atoms with E-state index in [-0.39, 0.29) is 17.4 Å². The fourth-order valence-corrected chi connectivity index (χ4v) is 4.24. The van der Waals surface area contributed by atoms with Crippen molar-refractivity contribution in [1.29, 1.82) is 0 Å². The minimum absolute atomic E-state index is 0.140. The van der Waals surface area contributed by atoms with Gasteiger partial charge in [0.05, 0.1) is 11.9 Å². The number of amides is 1. The van der Waals surface area contributed by atoms with E-state index in [0.717, 1.165) is 43.5 Å². The van der Waals surface area contributed by atoms with Crippen molar-refractivity contribution in [2.24, 2.45) is 0 Å². The van der Waals surface area contributed by atoms with Crippen LogP contribution in [0.3, 0.4) is 0 Å². The number of fused-ring (bicyclic) bond motifs is 1. The summed E-state index contributed by atoms with van der Waals surface area (Å²) in [5, 5.41) is 6.57. The number of nitrogens with two attached hydrogens (primary N) is 1. The summed E-state index contributed by atoms with van der Waals surface area (Å²) in [6.45, 7) is 2.22. The average Bonchev–Trinajstić information content (AvgIpc) is 3.24. The largest absolute Gasteiger partial charge is 0.382 e. The number of carbonyl (C=O) groups is 1. The lowest BCUT2D eigenvalue weighted by molar-refractivity contribution is 0.0948. The maximum atomic E-state index is 12.6. The number of carbonyl (C=O) groups excluding carboxylic acids is 1. The van der Waals surface area contributed by atoms with E-state index in [0.29, 0.717) is 18.3 Å². The molecular formula is C26H32N6O. The Labute approximate surface area is 195 Å². The fraction of sp³-hybridized carbons (Fsp3) is 0.346. The summed E-state index contributed by atoms with van der Waals surface area (Å²) in [6, 6.07) is 17.2. The molecule has 1 amide bonds. The molecule has 0 saturated heterocycles. The molecule has 1 aliphatic rings. The number of rotatable bonds is 9. The first-order valence-corrected chi connectivity index (χ1v) is 11.5. The van der Waals surface area contributed by atoms with Gasteiger partial charge in [-0.2, -0.15) is 0 Å². The van der Waals surface area contributed by atoms with Crippen LogP contribution in [0.25, 0.3) is 11.3 Å². The van der Waals surface area contributed by atoms with Gasteiger partial charge in [-0.1, -0.05) is 42.5 Å². The molecule has 1 aromatic heterocycles. The van der Waals surface area contributed by atoms with Gasteiger partial charge in [-0.15, -0.1) is 0 Å². The highest BCUT2D eigenvalue weighted by atomic mass is 16.1. The van der Waals surface area contributed by atoms with Crippen molar-refractivity contribution < 1.29 is 4.79 Å². The van der Waals surface area contributed by atoms with E-state index in [9.17, 15) is 4.79 Å². The summed E-state index contributed by atoms with van der Waals surface area (Å²) < 4.78 is 0. The standard InChI is InChI=1S/C26H32N6O/c1-32(2)14-6-13-28-26(33)24-25(27)30-17-23(31-24)20-9-5-7-18(15-20)16-29-22-12-11-19-8-3-4-10-21(19)22/h3-5,7-10,15,17,22,29H,6,11-14,16H2,1-2H3,(H2,27,30)(H,28,33)/t22-/m0/s1. The van der Waals surface area contributed by atoms with Gasteiger partial charge in [-0.3, -0.25) is 4.79 Å². The molecule has 0 spiro atoms. The highest BCUT2D eigenvalue weighted by Crippen LogP contribution is 2.31. The third kappa shape index (κ3) is 5.74. The Bertz CT molecular complexity index is 1110. The second-order valence-electron chi connectivity index (χ2n) is 8.77. The molecule has 0 saturated carbocycles. The van der Waals surface area contributed by atoms with E-state index in [2.05, 4.69) is 61.9 Å². The number of aryl methyl sites for hydroxylation is 1. The third-order valence-corrected chi connectivity index (χ3v) is 5.99. The van der Waals surface area contributed by atoms with Crippen molar-refractivity contribution in [3.63, 3.8) is 0 Å². The minimum atomic E-state index is -0.293. The zero-order valence-electron chi connectivity index (χ0n) is 19.3. The summed E-state index contributed by atoms with van der Waals surface area (Å²) in [4.78, 5) is 23.4. The van der Waals surface area contributed by atoms with Crippen LogP contribution < -0.4 is 16.4 Å². The van der Waals surface area contributed by atoms with E-state index in [1.807, 2.05) is 26.2 Å². The highest BCUT2D eigenvalue weighted by molar-refractivity contribution is 5.96. The van der Waals surface area contributed by atoms with Crippen LogP contribution in [-0.4, -0.2) is 48.0 Å². The molecule has 7 nitrogen and oxygen atoms in total. The molecule has 1 atom stereocenters. The predicted octanol–water partition coefficient (Wildman–Crippen LogP) is 3.18. The summed E-state index contributed by atoms with van der Waals surface area (Å²) in [5.41, 5.74) is 11.7. The summed E-state index contributed by atoms with van der Waals surface area (Å²) >= 11 is 0. The van der Waals surface area contributed by atoms with Gasteiger partial charge in [0.15, 0.2) is 11.5 Å². The number of anilines is 1. The molecule has 0 fully saturated rings. The molecule has 0 aliphatic heterocycles. The lowest BCUT2D eigenvalue weighted by Crippen LogP contribution is -2.28. The van der Waals surface area contributed by atoms with Crippen molar-refractivity contribution in [3.8, 4) is 11.3 Å². The first-order valence-electron chi connectivity index (χ1n) is 11.5. The number of hydrogen-bond acceptors (Lipinski definition) is 6. The van der Waals surface area contributed by atoms with Crippen LogP contribution in [0.2, 0.25) is 0 Å². The Hall–Kier alpha value is -3.29. The zero-order valence-corrected chi connectivity index (χ0v) is 19.3. The van der Waals surface area contributed by atoms with Gasteiger partial charge in [0.1, 0.15) is 0 Å². The van der Waals surface area contributed by atoms with Crippen molar-refractivity contribution in [2.45, 2.75) is 31.8 Å². The highest BCUT2D eigenvalue weighted by Gasteiger charge is 2.21. The molecule has 1 heterocycles. The summed E-state index contributed by atoms with van der Waals surface area (Å²) in [7, 11) is 4.01. The van der Waals surface area contributed by atoms with Crippen LogP contribution in [0.15, 0.2) is 54.7 Å². The van der Waals surface area contributed by atoms with Crippen molar-refractivity contribution in [2.75, 3.05) is 32.9 Å². The second kappa shape index (κ2) is 10.6. The van der Waals surface area contributed by atoms with E-state index >= 15 is 0 Å². The van der Waals surface area contributed by atoms with E-state index in [4.69, 9.17) is 5.73 Å². The average molecular weight is 445 g/mol. The zero-order chi connectivity index (χ0) is 23.2. The van der Waals surface area contributed by atoms with Gasteiger partial charge in [-0.25, -0.2) is 9.97 Å². The molecule has 0 bridgehead atoms.